The second-order valence-electron chi connectivity index (χ2n) is 7.21. The standard InChI is InChI=1S/C25H28N2O4/c1-30-16-6-17-31-18-15-26-24(28)13-14-25(29)27-19-22-9-3-2-7-20(22)11-12-21-8-4-5-10-23(21)27/h2-5,7-10H,6,13-19H2,1H3,(H,26,28). The minimum Gasteiger partial charge on any atom is -0.385 e. The third-order valence-electron chi connectivity index (χ3n) is 4.95. The van der Waals surface area contributed by atoms with Gasteiger partial charge in [0.1, 0.15) is 0 Å². The van der Waals surface area contributed by atoms with Crippen LogP contribution in [0.3, 0.4) is 0 Å². The van der Waals surface area contributed by atoms with Gasteiger partial charge in [-0.15, -0.1) is 0 Å². The van der Waals surface area contributed by atoms with Gasteiger partial charge in [-0.2, -0.15) is 0 Å². The van der Waals surface area contributed by atoms with Crippen molar-refractivity contribution in [3.8, 4) is 11.8 Å². The number of fused-ring (bicyclic) bond motifs is 2. The number of carbonyl (C=O) groups is 2. The van der Waals surface area contributed by atoms with Crippen LogP contribution in [0.15, 0.2) is 48.5 Å². The average Bonchev–Trinajstić information content (AvgIpc) is 2.78. The van der Waals surface area contributed by atoms with Crippen LogP contribution in [0.2, 0.25) is 0 Å². The van der Waals surface area contributed by atoms with Crippen molar-refractivity contribution >= 4 is 17.5 Å². The first kappa shape index (κ1) is 22.5. The van der Waals surface area contributed by atoms with Gasteiger partial charge in [0, 0.05) is 50.8 Å². The smallest absolute Gasteiger partial charge is 0.227 e. The van der Waals surface area contributed by atoms with Crippen LogP contribution < -0.4 is 10.2 Å². The molecule has 0 fully saturated rings. The lowest BCUT2D eigenvalue weighted by Crippen LogP contribution is -2.33. The maximum absolute atomic E-state index is 13.1. The molecule has 0 unspecified atom stereocenters. The third-order valence-corrected chi connectivity index (χ3v) is 4.95. The Morgan fingerprint density at radius 2 is 1.71 bits per heavy atom. The zero-order valence-electron chi connectivity index (χ0n) is 17.9. The normalized spacial score (nSPS) is 12.0. The Hall–Kier alpha value is -3.14. The minimum atomic E-state index is -0.158. The maximum Gasteiger partial charge on any atom is 0.227 e. The number of anilines is 1. The quantitative estimate of drug-likeness (QED) is 0.474. The molecule has 0 aromatic heterocycles. The molecule has 31 heavy (non-hydrogen) atoms. The van der Waals surface area contributed by atoms with Crippen LogP contribution in [0, 0.1) is 11.8 Å². The van der Waals surface area contributed by atoms with Crippen LogP contribution >= 0.6 is 0 Å². The molecule has 0 atom stereocenters. The molecule has 162 valence electrons. The van der Waals surface area contributed by atoms with Gasteiger partial charge in [0.05, 0.1) is 18.8 Å². The van der Waals surface area contributed by atoms with E-state index >= 15 is 0 Å². The monoisotopic (exact) mass is 420 g/mol. The van der Waals surface area contributed by atoms with Gasteiger partial charge in [0.15, 0.2) is 0 Å². The summed E-state index contributed by atoms with van der Waals surface area (Å²) in [5.41, 5.74) is 3.49. The molecule has 0 aliphatic carbocycles. The second kappa shape index (κ2) is 11.9. The molecule has 0 saturated heterocycles. The van der Waals surface area contributed by atoms with Crippen LogP contribution in [0.25, 0.3) is 0 Å². The SMILES string of the molecule is COCCCOCCNC(=O)CCC(=O)N1Cc2ccccc2C#Cc2ccccc21. The molecule has 3 rings (SSSR count). The number of nitrogens with zero attached hydrogens (tertiary/aromatic N) is 1. The van der Waals surface area contributed by atoms with E-state index in [9.17, 15) is 9.59 Å². The van der Waals surface area contributed by atoms with Crippen molar-refractivity contribution in [3.05, 3.63) is 65.2 Å². The van der Waals surface area contributed by atoms with Gasteiger partial charge in [-0.1, -0.05) is 42.2 Å². The highest BCUT2D eigenvalue weighted by molar-refractivity contribution is 5.96. The van der Waals surface area contributed by atoms with E-state index in [0.29, 0.717) is 32.9 Å². The van der Waals surface area contributed by atoms with E-state index in [-0.39, 0.29) is 24.7 Å². The Bertz CT molecular complexity index is 961. The van der Waals surface area contributed by atoms with Crippen molar-refractivity contribution in [1.82, 2.24) is 5.32 Å². The van der Waals surface area contributed by atoms with Gasteiger partial charge in [0.25, 0.3) is 0 Å². The fourth-order valence-electron chi connectivity index (χ4n) is 3.32. The molecule has 1 heterocycles. The number of benzene rings is 2. The summed E-state index contributed by atoms with van der Waals surface area (Å²) in [4.78, 5) is 27.0. The fourth-order valence-corrected chi connectivity index (χ4v) is 3.32. The Kier molecular flexibility index (Phi) is 8.65. The molecular weight excluding hydrogens is 392 g/mol. The van der Waals surface area contributed by atoms with Crippen LogP contribution in [0.4, 0.5) is 5.69 Å². The number of ether oxygens (including phenoxy) is 2. The van der Waals surface area contributed by atoms with Crippen LogP contribution in [0.1, 0.15) is 36.0 Å². The minimum absolute atomic E-state index is 0.100. The number of carbonyl (C=O) groups excluding carboxylic acids is 2. The summed E-state index contributed by atoms with van der Waals surface area (Å²) in [6.45, 7) is 2.55. The molecule has 2 amide bonds. The van der Waals surface area contributed by atoms with Crippen molar-refractivity contribution in [3.63, 3.8) is 0 Å². The first-order valence-corrected chi connectivity index (χ1v) is 10.5. The summed E-state index contributed by atoms with van der Waals surface area (Å²) in [6.07, 6.45) is 1.09. The third kappa shape index (κ3) is 6.68. The zero-order chi connectivity index (χ0) is 21.9. The molecule has 1 N–H and O–H groups in total. The van der Waals surface area contributed by atoms with Crippen LogP contribution in [0.5, 0.6) is 0 Å². The largest absolute Gasteiger partial charge is 0.385 e. The Morgan fingerprint density at radius 3 is 2.55 bits per heavy atom. The number of nitrogens with one attached hydrogen (secondary N) is 1. The van der Waals surface area contributed by atoms with E-state index in [1.54, 1.807) is 12.0 Å². The topological polar surface area (TPSA) is 67.9 Å². The summed E-state index contributed by atoms with van der Waals surface area (Å²) < 4.78 is 10.4. The number of hydrogen-bond acceptors (Lipinski definition) is 4. The number of rotatable bonds is 10. The summed E-state index contributed by atoms with van der Waals surface area (Å²) >= 11 is 0. The molecule has 2 aromatic carbocycles. The van der Waals surface area contributed by atoms with E-state index < -0.39 is 0 Å². The highest BCUT2D eigenvalue weighted by Gasteiger charge is 2.21. The number of amides is 2. The molecule has 2 aromatic rings. The van der Waals surface area contributed by atoms with Gasteiger partial charge in [-0.25, -0.2) is 0 Å². The van der Waals surface area contributed by atoms with Crippen molar-refractivity contribution in [2.24, 2.45) is 0 Å². The van der Waals surface area contributed by atoms with E-state index in [2.05, 4.69) is 17.2 Å². The summed E-state index contributed by atoms with van der Waals surface area (Å²) in [5.74, 6) is 6.13. The fraction of sp³-hybridized carbons (Fsp3) is 0.360. The van der Waals surface area contributed by atoms with Gasteiger partial charge in [-0.3, -0.25) is 9.59 Å². The first-order chi connectivity index (χ1) is 15.2. The molecule has 0 spiro atoms. The lowest BCUT2D eigenvalue weighted by atomic mass is 10.0. The van der Waals surface area contributed by atoms with Crippen molar-refractivity contribution in [2.45, 2.75) is 25.8 Å². The lowest BCUT2D eigenvalue weighted by molar-refractivity contribution is -0.125. The Balaban J connectivity index is 1.56. The number of hydrogen-bond donors (Lipinski definition) is 1. The van der Waals surface area contributed by atoms with Crippen LogP contribution in [-0.2, 0) is 25.6 Å². The molecule has 6 heteroatoms. The molecule has 6 nitrogen and oxygen atoms in total. The number of methoxy groups -OCH3 is 1. The van der Waals surface area contributed by atoms with Gasteiger partial charge in [0.2, 0.25) is 11.8 Å². The highest BCUT2D eigenvalue weighted by Crippen LogP contribution is 2.26. The van der Waals surface area contributed by atoms with E-state index in [4.69, 9.17) is 9.47 Å². The zero-order valence-corrected chi connectivity index (χ0v) is 17.9. The van der Waals surface area contributed by atoms with Crippen molar-refractivity contribution < 1.29 is 19.1 Å². The lowest BCUT2D eigenvalue weighted by Gasteiger charge is -2.26. The molecular formula is C25H28N2O4. The van der Waals surface area contributed by atoms with Gasteiger partial charge >= 0.3 is 0 Å². The number of para-hydroxylation sites is 1. The van der Waals surface area contributed by atoms with Crippen molar-refractivity contribution in [2.75, 3.05) is 38.4 Å². The predicted octanol–water partition coefficient (Wildman–Crippen LogP) is 2.88. The summed E-state index contributed by atoms with van der Waals surface area (Å²) in [5, 5.41) is 2.80. The van der Waals surface area contributed by atoms with E-state index in [1.165, 1.54) is 0 Å². The summed E-state index contributed by atoms with van der Waals surface area (Å²) in [6, 6.07) is 15.5. The van der Waals surface area contributed by atoms with Crippen LogP contribution in [-0.4, -0.2) is 45.3 Å². The van der Waals surface area contributed by atoms with E-state index in [1.807, 2.05) is 48.5 Å². The Morgan fingerprint density at radius 1 is 0.968 bits per heavy atom. The van der Waals surface area contributed by atoms with Crippen molar-refractivity contribution in [1.29, 1.82) is 0 Å². The highest BCUT2D eigenvalue weighted by atomic mass is 16.5. The molecule has 0 bridgehead atoms. The predicted molar refractivity (Wildman–Crippen MR) is 120 cm³/mol. The average molecular weight is 421 g/mol. The Labute approximate surface area is 183 Å². The van der Waals surface area contributed by atoms with Gasteiger partial charge < -0.3 is 19.7 Å². The first-order valence-electron chi connectivity index (χ1n) is 10.5. The van der Waals surface area contributed by atoms with Gasteiger partial charge in [-0.05, 0) is 30.2 Å². The summed E-state index contributed by atoms with van der Waals surface area (Å²) in [7, 11) is 1.65. The second-order valence-corrected chi connectivity index (χ2v) is 7.21. The molecule has 1 aliphatic rings. The van der Waals surface area contributed by atoms with E-state index in [0.717, 1.165) is 28.8 Å². The maximum atomic E-state index is 13.1. The molecule has 0 radical (unpaired) electrons. The molecule has 1 aliphatic heterocycles. The molecule has 0 saturated carbocycles.